The number of alkyl halides is 36. The summed E-state index contributed by atoms with van der Waals surface area (Å²) in [6.45, 7) is -13.8. The molecule has 4 aromatic rings. The highest BCUT2D eigenvalue weighted by Crippen LogP contribution is 2.57. The van der Waals surface area contributed by atoms with E-state index < -0.39 is 180 Å². The van der Waals surface area contributed by atoms with Crippen LogP contribution in [0, 0.1) is 0 Å². The predicted octanol–water partition coefficient (Wildman–Crippen LogP) is 13.9. The lowest BCUT2D eigenvalue weighted by Gasteiger charge is -2.33. The highest BCUT2D eigenvalue weighted by Gasteiger charge is 2.85. The largest absolute Gasteiger partial charge is 0.460 e. The first kappa shape index (κ1) is 67.9. The fourth-order valence-corrected chi connectivity index (χ4v) is 5.33. The Hall–Kier alpha value is -6.60. The lowest BCUT2D eigenvalue weighted by atomic mass is 10.0. The van der Waals surface area contributed by atoms with Crippen molar-refractivity contribution < 1.29 is 177 Å². The van der Waals surface area contributed by atoms with Crippen molar-refractivity contribution in [3.8, 4) is 46.8 Å². The summed E-state index contributed by atoms with van der Waals surface area (Å²) < 4.78 is 500. The Morgan fingerprint density at radius 2 is 0.427 bits per heavy atom. The number of hydrogen-bond acceptors (Lipinski definition) is 10. The number of aromatic nitrogens is 6. The Kier molecular flexibility index (Phi) is 17.1. The molecule has 2 aromatic carbocycles. The van der Waals surface area contributed by atoms with Crippen LogP contribution < -0.4 is 18.9 Å². The number of hydrogen-bond donors (Lipinski definition) is 0. The molecule has 46 heteroatoms. The van der Waals surface area contributed by atoms with Crippen LogP contribution in [0.5, 0.6) is 24.0 Å². The van der Waals surface area contributed by atoms with Gasteiger partial charge in [-0.05, 0) is 22.9 Å². The zero-order valence-corrected chi connectivity index (χ0v) is 37.2. The van der Waals surface area contributed by atoms with Gasteiger partial charge < -0.3 is 18.9 Å². The van der Waals surface area contributed by atoms with E-state index in [4.69, 9.17) is 0 Å². The zero-order chi connectivity index (χ0) is 63.9. The third kappa shape index (κ3) is 12.0. The Bertz CT molecular complexity index is 2600. The van der Waals surface area contributed by atoms with Gasteiger partial charge in [-0.2, -0.15) is 178 Å². The van der Waals surface area contributed by atoms with Crippen LogP contribution in [0.2, 0.25) is 0 Å². The quantitative estimate of drug-likeness (QED) is 0.0705. The van der Waals surface area contributed by atoms with Crippen LogP contribution in [0.1, 0.15) is 0 Å². The first-order chi connectivity index (χ1) is 36.2. The first-order valence-corrected chi connectivity index (χ1v) is 19.6. The highest BCUT2D eigenvalue weighted by molar-refractivity contribution is 5.89. The van der Waals surface area contributed by atoms with Crippen molar-refractivity contribution in [2.45, 2.75) is 95.8 Å². The van der Waals surface area contributed by atoms with Gasteiger partial charge in [0.2, 0.25) is 0 Å². The Balaban J connectivity index is 1.86. The third-order valence-electron chi connectivity index (χ3n) is 9.91. The van der Waals surface area contributed by atoms with Crippen LogP contribution >= 0.6 is 0 Å². The zero-order valence-electron chi connectivity index (χ0n) is 37.2. The van der Waals surface area contributed by atoms with Crippen LogP contribution in [0.25, 0.3) is 33.5 Å². The van der Waals surface area contributed by atoms with E-state index in [1.54, 1.807) is 0 Å². The monoisotopic (exact) mass is 1280 g/mol. The number of ether oxygens (including phenoxy) is 4. The molecule has 4 rings (SSSR count). The topological polar surface area (TPSA) is 114 Å². The summed E-state index contributed by atoms with van der Waals surface area (Å²) in [6, 6.07) is -5.66. The second kappa shape index (κ2) is 20.6. The van der Waals surface area contributed by atoms with E-state index in [1.807, 2.05) is 0 Å². The molecule has 0 unspecified atom stereocenters. The molecule has 0 spiro atoms. The molecular formula is C36H14F36N6O4. The maximum Gasteiger partial charge on any atom is 0.460 e. The molecule has 0 aliphatic heterocycles. The summed E-state index contributed by atoms with van der Waals surface area (Å²) in [4.78, 5) is 17.3. The van der Waals surface area contributed by atoms with Gasteiger partial charge in [-0.15, -0.1) is 9.97 Å². The molecule has 10 nitrogen and oxygen atoms in total. The molecule has 2 heterocycles. The van der Waals surface area contributed by atoms with Gasteiger partial charge in [0, 0.05) is 11.1 Å². The Morgan fingerprint density at radius 1 is 0.244 bits per heavy atom. The maximum atomic E-state index is 14.3. The van der Waals surface area contributed by atoms with Crippen molar-refractivity contribution in [2.24, 2.45) is 0 Å². The summed E-state index contributed by atoms with van der Waals surface area (Å²) in [6.07, 6.45) is -29.9. The standard InChI is InChI=1S/C36H14F36N6O4/c37-21(38,25(45,46)29(53,54)33(61,62)63)7-79-17-73-15(74-18(77-17)80-8-22(39,40)26(47,48)30(55,56)34(64,65)66)13-3-1-11-5-14(4-2-12(11)6-13)16-75-19(81-9-23(41,42)27(49,50)31(57,58)35(67,68)69)78-20(76-16)82-10-24(43,44)28(51,52)32(59,60)36(70,71)72/h1-6H,7-10H2. The maximum absolute atomic E-state index is 14.3. The molecule has 464 valence electrons. The first-order valence-electron chi connectivity index (χ1n) is 19.6. The predicted molar refractivity (Wildman–Crippen MR) is 187 cm³/mol. The van der Waals surface area contributed by atoms with E-state index >= 15 is 0 Å². The minimum Gasteiger partial charge on any atom is -0.457 e. The summed E-state index contributed by atoms with van der Waals surface area (Å²) in [5.41, 5.74) is -1.82. The minimum absolute atomic E-state index is 0.475. The summed E-state index contributed by atoms with van der Waals surface area (Å²) in [5, 5.41) is -1.04. The van der Waals surface area contributed by atoms with Crippen molar-refractivity contribution >= 4 is 10.8 Å². The van der Waals surface area contributed by atoms with Gasteiger partial charge in [0.15, 0.2) is 38.1 Å². The summed E-state index contributed by atoms with van der Waals surface area (Å²) in [5.74, 6) is -90.5. The van der Waals surface area contributed by atoms with Crippen LogP contribution in [0.15, 0.2) is 36.4 Å². The molecular weight excluding hydrogens is 1260 g/mol. The second-order valence-electron chi connectivity index (χ2n) is 15.8. The average molecular weight is 1280 g/mol. The van der Waals surface area contributed by atoms with E-state index in [-0.39, 0.29) is 0 Å². The summed E-state index contributed by atoms with van der Waals surface area (Å²) in [7, 11) is 0. The number of nitrogens with zero attached hydrogens (tertiary/aromatic N) is 6. The van der Waals surface area contributed by atoms with E-state index in [2.05, 4.69) is 48.9 Å². The van der Waals surface area contributed by atoms with Crippen LogP contribution in [-0.2, 0) is 0 Å². The smallest absolute Gasteiger partial charge is 0.457 e. The molecule has 0 aliphatic rings. The van der Waals surface area contributed by atoms with Crippen LogP contribution in [0.4, 0.5) is 158 Å². The van der Waals surface area contributed by atoms with Crippen molar-refractivity contribution in [3.05, 3.63) is 36.4 Å². The molecule has 0 saturated heterocycles. The lowest BCUT2D eigenvalue weighted by Crippen LogP contribution is -2.62. The Morgan fingerprint density at radius 3 is 0.598 bits per heavy atom. The molecule has 2 aromatic heterocycles. The normalized spacial score (nSPS) is 15.0. The number of halogens is 36. The van der Waals surface area contributed by atoms with Gasteiger partial charge in [0.05, 0.1) is 0 Å². The minimum atomic E-state index is -7.63. The fourth-order valence-electron chi connectivity index (χ4n) is 5.33. The molecule has 0 amide bonds. The average Bonchev–Trinajstić information content (AvgIpc) is 3.31. The van der Waals surface area contributed by atoms with Gasteiger partial charge in [-0.1, -0.05) is 24.3 Å². The molecule has 0 N–H and O–H groups in total. The molecule has 0 fully saturated rings. The van der Waals surface area contributed by atoms with Crippen molar-refractivity contribution in [3.63, 3.8) is 0 Å². The van der Waals surface area contributed by atoms with Crippen molar-refractivity contribution in [1.82, 2.24) is 29.9 Å². The van der Waals surface area contributed by atoms with E-state index in [1.165, 1.54) is 0 Å². The molecule has 0 saturated carbocycles. The van der Waals surface area contributed by atoms with E-state index in [0.29, 0.717) is 36.4 Å². The van der Waals surface area contributed by atoms with Crippen molar-refractivity contribution in [2.75, 3.05) is 26.4 Å². The third-order valence-corrected chi connectivity index (χ3v) is 9.91. The molecule has 82 heavy (non-hydrogen) atoms. The van der Waals surface area contributed by atoms with Gasteiger partial charge >= 0.3 is 120 Å². The van der Waals surface area contributed by atoms with Gasteiger partial charge in [0.25, 0.3) is 0 Å². The van der Waals surface area contributed by atoms with Crippen LogP contribution in [0.3, 0.4) is 0 Å². The molecule has 0 aliphatic carbocycles. The lowest BCUT2D eigenvalue weighted by molar-refractivity contribution is -0.398. The molecule has 0 bridgehead atoms. The van der Waals surface area contributed by atoms with Gasteiger partial charge in [-0.3, -0.25) is 0 Å². The number of rotatable bonds is 22. The molecule has 0 radical (unpaired) electrons. The molecule has 0 atom stereocenters. The highest BCUT2D eigenvalue weighted by atomic mass is 19.5. The van der Waals surface area contributed by atoms with Gasteiger partial charge in [-0.25, -0.2) is 0 Å². The van der Waals surface area contributed by atoms with Gasteiger partial charge in [0.1, 0.15) is 0 Å². The van der Waals surface area contributed by atoms with E-state index in [9.17, 15) is 158 Å². The summed E-state index contributed by atoms with van der Waals surface area (Å²) >= 11 is 0. The fraction of sp³-hybridized carbons (Fsp3) is 0.556. The number of fused-ring (bicyclic) bond motifs is 1. The number of benzene rings is 2. The SMILES string of the molecule is FC(F)(F)C(F)(F)C(F)(F)C(F)(F)COc1nc(OCC(F)(F)C(F)(F)C(F)(F)C(F)(F)F)nc(-c2ccc3cc(-c4nc(OCC(F)(F)C(F)(F)C(F)(F)C(F)(F)F)nc(OCC(F)(F)C(F)(F)C(F)(F)C(F)(F)F)n4)ccc3c2)n1. The Labute approximate surface area is 423 Å². The van der Waals surface area contributed by atoms with Crippen LogP contribution in [-0.4, -0.2) is 152 Å². The van der Waals surface area contributed by atoms with E-state index in [0.717, 1.165) is 0 Å². The van der Waals surface area contributed by atoms with Crippen molar-refractivity contribution in [1.29, 1.82) is 0 Å². The second-order valence-corrected chi connectivity index (χ2v) is 15.8.